The predicted molar refractivity (Wildman–Crippen MR) is 114 cm³/mol. The van der Waals surface area contributed by atoms with Crippen molar-refractivity contribution in [1.82, 2.24) is 15.0 Å². The zero-order valence-electron chi connectivity index (χ0n) is 17.2. The molecular formula is C22H19F3N6O2. The number of piperidine rings is 1. The number of carbonyl (C=O) groups excluding carboxylic acids is 1. The normalized spacial score (nSPS) is 21.5. The molecule has 11 heteroatoms. The molecule has 170 valence electrons. The van der Waals surface area contributed by atoms with Gasteiger partial charge >= 0.3 is 6.36 Å². The topological polar surface area (TPSA) is 106 Å². The van der Waals surface area contributed by atoms with Gasteiger partial charge in [-0.15, -0.1) is 13.2 Å². The van der Waals surface area contributed by atoms with Crippen LogP contribution >= 0.6 is 0 Å². The van der Waals surface area contributed by atoms with Crippen LogP contribution in [0, 0.1) is 11.8 Å². The van der Waals surface area contributed by atoms with E-state index in [-0.39, 0.29) is 17.4 Å². The van der Waals surface area contributed by atoms with Crippen molar-refractivity contribution < 1.29 is 22.7 Å². The first-order valence-electron chi connectivity index (χ1n) is 10.2. The Morgan fingerprint density at radius 2 is 1.76 bits per heavy atom. The molecule has 1 saturated carbocycles. The zero-order chi connectivity index (χ0) is 23.2. The molecule has 2 fully saturated rings. The predicted octanol–water partition coefficient (Wildman–Crippen LogP) is 3.08. The summed E-state index contributed by atoms with van der Waals surface area (Å²) < 4.78 is 40.8. The summed E-state index contributed by atoms with van der Waals surface area (Å²) in [5.41, 5.74) is 8.09. The molecule has 0 radical (unpaired) electrons. The minimum absolute atomic E-state index is 0.239. The van der Waals surface area contributed by atoms with Crippen molar-refractivity contribution in [3.05, 3.63) is 60.8 Å². The molecule has 1 saturated heterocycles. The summed E-state index contributed by atoms with van der Waals surface area (Å²) in [5.74, 6) is 0.816. The number of fused-ring (bicyclic) bond motifs is 1. The van der Waals surface area contributed by atoms with Crippen LogP contribution < -0.4 is 20.7 Å². The average Bonchev–Trinajstić information content (AvgIpc) is 3.19. The lowest BCUT2D eigenvalue weighted by Gasteiger charge is -2.23. The number of anilines is 2. The van der Waals surface area contributed by atoms with Crippen molar-refractivity contribution in [2.75, 3.05) is 23.3 Å². The lowest BCUT2D eigenvalue weighted by atomic mass is 10.1. The van der Waals surface area contributed by atoms with Gasteiger partial charge in [-0.25, -0.2) is 15.0 Å². The monoisotopic (exact) mass is 456 g/mol. The lowest BCUT2D eigenvalue weighted by Crippen LogP contribution is -2.29. The highest BCUT2D eigenvalue weighted by atomic mass is 19.4. The SMILES string of the molecule is NC1C2CN(c3ncc(C(=O)Nc4ccc(OC(F)(F)F)cc4)cc3-c3cncnc3)CC12. The smallest absolute Gasteiger partial charge is 0.406 e. The van der Waals surface area contributed by atoms with Gasteiger partial charge in [0.25, 0.3) is 5.91 Å². The second-order valence-corrected chi connectivity index (χ2v) is 8.06. The maximum Gasteiger partial charge on any atom is 0.573 e. The van der Waals surface area contributed by atoms with Gasteiger partial charge < -0.3 is 20.7 Å². The van der Waals surface area contributed by atoms with Crippen molar-refractivity contribution >= 4 is 17.4 Å². The van der Waals surface area contributed by atoms with Crippen molar-refractivity contribution in [2.24, 2.45) is 17.6 Å². The van der Waals surface area contributed by atoms with Gasteiger partial charge in [-0.3, -0.25) is 4.79 Å². The summed E-state index contributed by atoms with van der Waals surface area (Å²) in [4.78, 5) is 27.7. The number of alkyl halides is 3. The van der Waals surface area contributed by atoms with Crippen molar-refractivity contribution in [3.8, 4) is 16.9 Å². The van der Waals surface area contributed by atoms with Crippen LogP contribution in [0.25, 0.3) is 11.1 Å². The summed E-state index contributed by atoms with van der Waals surface area (Å²) in [7, 11) is 0. The molecule has 3 heterocycles. The number of amides is 1. The Kier molecular flexibility index (Phi) is 5.12. The Bertz CT molecular complexity index is 1160. The number of hydrogen-bond donors (Lipinski definition) is 2. The second kappa shape index (κ2) is 8.00. The fourth-order valence-electron chi connectivity index (χ4n) is 4.17. The van der Waals surface area contributed by atoms with Gasteiger partial charge in [0, 0.05) is 54.5 Å². The maximum absolute atomic E-state index is 12.8. The van der Waals surface area contributed by atoms with Gasteiger partial charge in [0.2, 0.25) is 0 Å². The molecule has 33 heavy (non-hydrogen) atoms. The third-order valence-electron chi connectivity index (χ3n) is 5.91. The molecule has 2 atom stereocenters. The molecule has 3 N–H and O–H groups in total. The highest BCUT2D eigenvalue weighted by Crippen LogP contribution is 2.46. The molecule has 3 aromatic rings. The minimum atomic E-state index is -4.78. The highest BCUT2D eigenvalue weighted by molar-refractivity contribution is 6.05. The molecule has 2 aromatic heterocycles. The molecule has 1 aliphatic carbocycles. The number of carbonyl (C=O) groups is 1. The van der Waals surface area contributed by atoms with Crippen molar-refractivity contribution in [3.63, 3.8) is 0 Å². The fraction of sp³-hybridized carbons (Fsp3) is 0.273. The molecule has 2 aliphatic rings. The second-order valence-electron chi connectivity index (χ2n) is 8.06. The third-order valence-corrected chi connectivity index (χ3v) is 5.91. The number of aromatic nitrogens is 3. The molecular weight excluding hydrogens is 437 g/mol. The van der Waals surface area contributed by atoms with Crippen molar-refractivity contribution in [1.29, 1.82) is 0 Å². The van der Waals surface area contributed by atoms with Crippen LogP contribution in [-0.4, -0.2) is 46.4 Å². The summed E-state index contributed by atoms with van der Waals surface area (Å²) >= 11 is 0. The van der Waals surface area contributed by atoms with E-state index in [2.05, 4.69) is 29.9 Å². The number of nitrogens with zero attached hydrogens (tertiary/aromatic N) is 4. The van der Waals surface area contributed by atoms with E-state index in [0.717, 1.165) is 31.0 Å². The molecule has 5 rings (SSSR count). The van der Waals surface area contributed by atoms with E-state index >= 15 is 0 Å². The lowest BCUT2D eigenvalue weighted by molar-refractivity contribution is -0.274. The largest absolute Gasteiger partial charge is 0.573 e. The molecule has 2 unspecified atom stereocenters. The third kappa shape index (κ3) is 4.44. The molecule has 8 nitrogen and oxygen atoms in total. The first kappa shape index (κ1) is 21.1. The summed E-state index contributed by atoms with van der Waals surface area (Å²) in [6.45, 7) is 1.61. The summed E-state index contributed by atoms with van der Waals surface area (Å²) in [6.07, 6.45) is 1.41. The van der Waals surface area contributed by atoms with E-state index in [1.54, 1.807) is 18.5 Å². The van der Waals surface area contributed by atoms with Crippen LogP contribution in [0.1, 0.15) is 10.4 Å². The minimum Gasteiger partial charge on any atom is -0.406 e. The van der Waals surface area contributed by atoms with Gasteiger partial charge in [-0.05, 0) is 42.2 Å². The fourth-order valence-corrected chi connectivity index (χ4v) is 4.17. The summed E-state index contributed by atoms with van der Waals surface area (Å²) in [6, 6.07) is 6.85. The number of pyridine rings is 1. The van der Waals surface area contributed by atoms with E-state index in [0.29, 0.717) is 28.7 Å². The van der Waals surface area contributed by atoms with E-state index < -0.39 is 12.3 Å². The number of nitrogens with one attached hydrogen (secondary N) is 1. The van der Waals surface area contributed by atoms with Crippen molar-refractivity contribution in [2.45, 2.75) is 12.4 Å². The van der Waals surface area contributed by atoms with E-state index in [1.165, 1.54) is 24.7 Å². The quantitative estimate of drug-likeness (QED) is 0.608. The summed E-state index contributed by atoms with van der Waals surface area (Å²) in [5, 5.41) is 2.66. The number of benzene rings is 1. The molecule has 0 bridgehead atoms. The van der Waals surface area contributed by atoms with Gasteiger partial charge in [0.15, 0.2) is 0 Å². The zero-order valence-corrected chi connectivity index (χ0v) is 17.2. The van der Waals surface area contributed by atoms with Gasteiger partial charge in [-0.1, -0.05) is 0 Å². The van der Waals surface area contributed by atoms with E-state index in [1.807, 2.05) is 0 Å². The molecule has 0 spiro atoms. The Labute approximate surface area is 186 Å². The van der Waals surface area contributed by atoms with Gasteiger partial charge in [0.05, 0.1) is 5.56 Å². The van der Waals surface area contributed by atoms with E-state index in [9.17, 15) is 18.0 Å². The van der Waals surface area contributed by atoms with Crippen LogP contribution in [0.2, 0.25) is 0 Å². The van der Waals surface area contributed by atoms with Gasteiger partial charge in [-0.2, -0.15) is 0 Å². The highest BCUT2D eigenvalue weighted by Gasteiger charge is 2.54. The standard InChI is InChI=1S/C22H19F3N6O2/c23-22(24,25)33-15-3-1-14(2-4-15)30-21(32)12-5-16(13-6-27-11-28-7-13)20(29-8-12)31-9-17-18(10-31)19(17)26/h1-8,11,17-19H,9-10,26H2,(H,30,32). The maximum atomic E-state index is 12.8. The number of rotatable bonds is 5. The Morgan fingerprint density at radius 1 is 1.09 bits per heavy atom. The number of halogens is 3. The Balaban J connectivity index is 1.37. The number of ether oxygens (including phenoxy) is 1. The number of hydrogen-bond acceptors (Lipinski definition) is 7. The van der Waals surface area contributed by atoms with Crippen LogP contribution in [-0.2, 0) is 0 Å². The first-order chi connectivity index (χ1) is 15.8. The van der Waals surface area contributed by atoms with Crippen LogP contribution in [0.15, 0.2) is 55.2 Å². The average molecular weight is 456 g/mol. The molecule has 1 aromatic carbocycles. The number of nitrogens with two attached hydrogens (primary N) is 1. The van der Waals surface area contributed by atoms with Crippen LogP contribution in [0.5, 0.6) is 5.75 Å². The van der Waals surface area contributed by atoms with Crippen LogP contribution in [0.3, 0.4) is 0 Å². The molecule has 1 amide bonds. The first-order valence-corrected chi connectivity index (χ1v) is 10.2. The van der Waals surface area contributed by atoms with Gasteiger partial charge in [0.1, 0.15) is 17.9 Å². The Hall–Kier alpha value is -3.73. The van der Waals surface area contributed by atoms with Crippen LogP contribution in [0.4, 0.5) is 24.7 Å². The Morgan fingerprint density at radius 3 is 2.39 bits per heavy atom. The van der Waals surface area contributed by atoms with E-state index in [4.69, 9.17) is 5.73 Å². The molecule has 1 aliphatic heterocycles.